The number of carbonyl (C=O) groups is 3. The van der Waals surface area contributed by atoms with Gasteiger partial charge >= 0.3 is 24.8 Å². The molecule has 6 aromatic carbocycles. The van der Waals surface area contributed by atoms with Gasteiger partial charge in [-0.15, -0.1) is 36.5 Å². The van der Waals surface area contributed by atoms with E-state index in [9.17, 15) is 40.7 Å². The van der Waals surface area contributed by atoms with Gasteiger partial charge in [-0.2, -0.15) is 4.99 Å². The summed E-state index contributed by atoms with van der Waals surface area (Å²) in [4.78, 5) is 58.2. The van der Waals surface area contributed by atoms with Crippen LogP contribution in [0.3, 0.4) is 0 Å². The van der Waals surface area contributed by atoms with Gasteiger partial charge in [0.1, 0.15) is 24.2 Å². The second-order valence-corrected chi connectivity index (χ2v) is 20.5. The fourth-order valence-electron chi connectivity index (χ4n) is 8.79. The van der Waals surface area contributed by atoms with E-state index in [1.165, 1.54) is 81.7 Å². The number of anilines is 2. The van der Waals surface area contributed by atoms with Gasteiger partial charge in [0.15, 0.2) is 21.9 Å². The van der Waals surface area contributed by atoms with Crippen molar-refractivity contribution in [2.45, 2.75) is 71.1 Å². The number of aromatic nitrogens is 6. The van der Waals surface area contributed by atoms with Crippen LogP contribution in [0.15, 0.2) is 162 Å². The van der Waals surface area contributed by atoms with Crippen LogP contribution in [0.1, 0.15) is 73.3 Å². The predicted octanol–water partition coefficient (Wildman–Crippen LogP) is 13.1. The number of amides is 5. The lowest BCUT2D eigenvalue weighted by molar-refractivity contribution is -0.275. The van der Waals surface area contributed by atoms with Crippen LogP contribution in [0.5, 0.6) is 11.5 Å². The quantitative estimate of drug-likeness (QED) is 0.0471. The second-order valence-electron chi connectivity index (χ2n) is 19.2. The van der Waals surface area contributed by atoms with Crippen molar-refractivity contribution in [2.24, 2.45) is 9.98 Å². The standard InChI is InChI=1S/C58H50F6N12O5S2/c1-34(2)47-28-38(11-26-49(47)76-50(77)31-83-56(76)71-54(79)65-29-36(4)39-14-16-41(17-15-39)52-68-33-75(73-52)43-20-24-45(25-21-43)81-58(62,63)64)27-35(3)46-7-5-6-8-48(46)69-55(82)70-53(78)66-30-37-9-12-40(13-10-37)51-67-32-74(72-51)42-18-22-44(23-19-42)80-57(59,60)61/h5-26,28-29,32-36H,27,30-31H2,1-4H3,(H3,66,69,70,78,82). The first-order valence-corrected chi connectivity index (χ1v) is 27.0. The van der Waals surface area contributed by atoms with Crippen LogP contribution < -0.4 is 30.3 Å². The second kappa shape index (κ2) is 25.3. The lowest BCUT2D eigenvalue weighted by atomic mass is 9.90. The number of thioether (sulfide) groups is 1. The summed E-state index contributed by atoms with van der Waals surface area (Å²) in [6.45, 7) is 8.18. The number of benzene rings is 6. The first-order chi connectivity index (χ1) is 39.6. The molecule has 3 heterocycles. The number of hydrogen-bond acceptors (Lipinski definition) is 11. The lowest BCUT2D eigenvalue weighted by Crippen LogP contribution is -2.41. The smallest absolute Gasteiger partial charge is 0.406 e. The van der Waals surface area contributed by atoms with Crippen molar-refractivity contribution in [2.75, 3.05) is 16.0 Å². The topological polar surface area (TPSA) is 195 Å². The summed E-state index contributed by atoms with van der Waals surface area (Å²) < 4.78 is 86.2. The summed E-state index contributed by atoms with van der Waals surface area (Å²) in [5.41, 5.74) is 8.11. The number of para-hydroxylation sites is 1. The minimum Gasteiger partial charge on any atom is -0.406 e. The summed E-state index contributed by atoms with van der Waals surface area (Å²) in [5.74, 6) is -0.414. The van der Waals surface area contributed by atoms with Crippen molar-refractivity contribution < 1.29 is 50.2 Å². The third-order valence-electron chi connectivity index (χ3n) is 12.8. The highest BCUT2D eigenvalue weighted by molar-refractivity contribution is 8.15. The Kier molecular flexibility index (Phi) is 17.8. The average Bonchev–Trinajstić information content (AvgIpc) is 4.00. The molecule has 0 bridgehead atoms. The molecule has 0 radical (unpaired) electrons. The van der Waals surface area contributed by atoms with Crippen molar-refractivity contribution in [3.05, 3.63) is 180 Å². The van der Waals surface area contributed by atoms with Gasteiger partial charge in [0.2, 0.25) is 5.91 Å². The van der Waals surface area contributed by atoms with Crippen molar-refractivity contribution in [3.63, 3.8) is 0 Å². The van der Waals surface area contributed by atoms with Crippen molar-refractivity contribution in [3.8, 4) is 45.6 Å². The molecule has 2 aromatic heterocycles. The highest BCUT2D eigenvalue weighted by Crippen LogP contribution is 2.37. The van der Waals surface area contributed by atoms with E-state index in [4.69, 9.17) is 12.2 Å². The minimum absolute atomic E-state index is 0.0132. The van der Waals surface area contributed by atoms with Crippen LogP contribution in [0, 0.1) is 0 Å². The zero-order valence-corrected chi connectivity index (χ0v) is 46.1. The van der Waals surface area contributed by atoms with Crippen molar-refractivity contribution in [1.82, 2.24) is 40.2 Å². The molecule has 426 valence electrons. The van der Waals surface area contributed by atoms with Gasteiger partial charge in [0, 0.05) is 35.5 Å². The fraction of sp³-hybridized carbons (Fsp3) is 0.207. The fourth-order valence-corrected chi connectivity index (χ4v) is 9.84. The van der Waals surface area contributed by atoms with E-state index in [1.54, 1.807) is 36.4 Å². The van der Waals surface area contributed by atoms with Crippen LogP contribution in [0.4, 0.5) is 47.3 Å². The molecule has 1 aliphatic heterocycles. The molecule has 9 rings (SSSR count). The molecule has 0 spiro atoms. The van der Waals surface area contributed by atoms with Gasteiger partial charge in [0.25, 0.3) is 0 Å². The molecule has 1 fully saturated rings. The van der Waals surface area contributed by atoms with Gasteiger partial charge in [-0.25, -0.2) is 33.9 Å². The zero-order chi connectivity index (χ0) is 59.0. The number of hydrogen-bond donors (Lipinski definition) is 3. The number of nitrogens with one attached hydrogen (secondary N) is 3. The molecule has 5 amide bonds. The van der Waals surface area contributed by atoms with Crippen molar-refractivity contribution in [1.29, 1.82) is 0 Å². The van der Waals surface area contributed by atoms with E-state index < -0.39 is 24.8 Å². The lowest BCUT2D eigenvalue weighted by Gasteiger charge is -2.23. The molecule has 17 nitrogen and oxygen atoms in total. The van der Waals surface area contributed by atoms with E-state index >= 15 is 0 Å². The molecule has 1 aliphatic rings. The monoisotopic (exact) mass is 1170 g/mol. The van der Waals surface area contributed by atoms with E-state index in [1.807, 2.05) is 69.3 Å². The van der Waals surface area contributed by atoms with E-state index in [2.05, 4.69) is 68.6 Å². The number of rotatable bonds is 16. The third-order valence-corrected chi connectivity index (χ3v) is 14.0. The van der Waals surface area contributed by atoms with Gasteiger partial charge in [-0.3, -0.25) is 15.0 Å². The van der Waals surface area contributed by atoms with Crippen LogP contribution >= 0.6 is 24.0 Å². The maximum Gasteiger partial charge on any atom is 0.573 e. The maximum absolute atomic E-state index is 13.5. The minimum atomic E-state index is -4.80. The molecule has 1 saturated heterocycles. The SMILES string of the molecule is CC(C)c1cc(CC(C)c2ccccc2NC(=S)NC(=O)NCc2ccc(-c3ncn(-c4ccc(OC(F)(F)F)cc4)n3)cc2)ccc1N1C(=O)CSC1=NC(=O)N=CC(C)c1ccc(-c2ncn(-c3ccc(OC(F)(F)F)cc3)n2)cc1. The van der Waals surface area contributed by atoms with Gasteiger partial charge < -0.3 is 20.1 Å². The summed E-state index contributed by atoms with van der Waals surface area (Å²) in [6.07, 6.45) is -4.61. The number of aliphatic imine (C=N–C) groups is 2. The summed E-state index contributed by atoms with van der Waals surface area (Å²) in [6, 6.07) is 37.2. The Morgan fingerprint density at radius 2 is 1.28 bits per heavy atom. The molecule has 25 heteroatoms. The number of amidine groups is 1. The van der Waals surface area contributed by atoms with E-state index in [0.29, 0.717) is 51.9 Å². The van der Waals surface area contributed by atoms with Crippen LogP contribution in [0.2, 0.25) is 0 Å². The Labute approximate surface area is 480 Å². The number of ether oxygens (including phenoxy) is 2. The molecular weight excluding hydrogens is 1120 g/mol. The Morgan fingerprint density at radius 1 is 0.723 bits per heavy atom. The van der Waals surface area contributed by atoms with Crippen LogP contribution in [-0.2, 0) is 17.8 Å². The first-order valence-electron chi connectivity index (χ1n) is 25.6. The zero-order valence-electron chi connectivity index (χ0n) is 44.5. The van der Waals surface area contributed by atoms with Gasteiger partial charge in [-0.05, 0) is 119 Å². The molecular formula is C58H50F6N12O5S2. The highest BCUT2D eigenvalue weighted by atomic mass is 32.2. The molecule has 0 saturated carbocycles. The molecule has 8 aromatic rings. The summed E-state index contributed by atoms with van der Waals surface area (Å²) >= 11 is 6.71. The molecule has 2 atom stereocenters. The Hall–Kier alpha value is -9.23. The highest BCUT2D eigenvalue weighted by Gasteiger charge is 2.34. The predicted molar refractivity (Wildman–Crippen MR) is 307 cm³/mol. The number of alkyl halides is 6. The Bertz CT molecular complexity index is 3700. The van der Waals surface area contributed by atoms with E-state index in [-0.39, 0.29) is 57.7 Å². The number of carbonyl (C=O) groups excluding carboxylic acids is 3. The summed E-state index contributed by atoms with van der Waals surface area (Å²) in [7, 11) is 0. The number of halogens is 6. The number of thiocarbonyl (C=S) groups is 1. The maximum atomic E-state index is 13.5. The van der Waals surface area contributed by atoms with Crippen LogP contribution in [0.25, 0.3) is 34.2 Å². The molecule has 3 N–H and O–H groups in total. The number of nitrogens with zero attached hydrogens (tertiary/aromatic N) is 9. The largest absolute Gasteiger partial charge is 0.573 e. The molecule has 83 heavy (non-hydrogen) atoms. The van der Waals surface area contributed by atoms with Gasteiger partial charge in [-0.1, -0.05) is 118 Å². The van der Waals surface area contributed by atoms with Crippen molar-refractivity contribution >= 4 is 69.8 Å². The van der Waals surface area contributed by atoms with E-state index in [0.717, 1.165) is 39.6 Å². The Balaban J connectivity index is 0.767. The average molecular weight is 1170 g/mol. The third kappa shape index (κ3) is 15.4. The number of urea groups is 2. The first kappa shape index (κ1) is 58.4. The Morgan fingerprint density at radius 3 is 1.84 bits per heavy atom. The normalized spacial score (nSPS) is 14.0. The molecule has 2 unspecified atom stereocenters. The van der Waals surface area contributed by atoms with Crippen LogP contribution in [-0.4, -0.2) is 82.5 Å². The summed E-state index contributed by atoms with van der Waals surface area (Å²) in [5, 5.41) is 17.8. The molecule has 0 aliphatic carbocycles. The van der Waals surface area contributed by atoms with Gasteiger partial charge in [0.05, 0.1) is 22.8 Å².